The minimum absolute atomic E-state index is 0.216. The third-order valence-electron chi connectivity index (χ3n) is 8.60. The number of Topliss-reactive ketones (excluding diaryl/α,β-unsaturated/α-hetero) is 1. The van der Waals surface area contributed by atoms with Crippen LogP contribution in [0.15, 0.2) is 152 Å². The Kier molecular flexibility index (Phi) is 13.5. The second-order valence-electron chi connectivity index (χ2n) is 12.2. The monoisotopic (exact) mass is 820 g/mol. The van der Waals surface area contributed by atoms with E-state index in [-0.39, 0.29) is 24.6 Å². The minimum Gasteiger partial charge on any atom is -0.489 e. The van der Waals surface area contributed by atoms with Crippen LogP contribution >= 0.6 is 22.6 Å². The topological polar surface area (TPSA) is 72.5 Å². The van der Waals surface area contributed by atoms with Gasteiger partial charge in [-0.3, -0.25) is 4.79 Å². The summed E-state index contributed by atoms with van der Waals surface area (Å²) in [5.74, 6) is 0.691. The first-order chi connectivity index (χ1) is 26.0. The van der Waals surface area contributed by atoms with E-state index in [4.69, 9.17) is 28.4 Å². The molecule has 0 aliphatic rings. The van der Waals surface area contributed by atoms with Crippen molar-refractivity contribution in [2.24, 2.45) is 0 Å². The molecule has 6 aromatic carbocycles. The van der Waals surface area contributed by atoms with Gasteiger partial charge in [-0.25, -0.2) is 0 Å². The number of ketones is 1. The van der Waals surface area contributed by atoms with Crippen molar-refractivity contribution in [3.63, 3.8) is 0 Å². The summed E-state index contributed by atoms with van der Waals surface area (Å²) in [5.41, 5.74) is 4.89. The molecule has 0 saturated carbocycles. The average molecular weight is 821 g/mol. The van der Waals surface area contributed by atoms with Gasteiger partial charge in [0, 0.05) is 20.3 Å². The number of rotatable bonds is 18. The summed E-state index contributed by atoms with van der Waals surface area (Å²) in [7, 11) is 3.05. The lowest BCUT2D eigenvalue weighted by atomic mass is 9.88. The van der Waals surface area contributed by atoms with Gasteiger partial charge in [-0.2, -0.15) is 0 Å². The molecule has 1 atom stereocenters. The first-order valence-corrected chi connectivity index (χ1v) is 18.3. The van der Waals surface area contributed by atoms with Crippen LogP contribution in [-0.2, 0) is 35.9 Å². The van der Waals surface area contributed by atoms with Crippen LogP contribution in [0.3, 0.4) is 0 Å². The van der Waals surface area contributed by atoms with Crippen LogP contribution in [0, 0.1) is 3.57 Å². The van der Waals surface area contributed by atoms with Crippen molar-refractivity contribution in [2.75, 3.05) is 14.2 Å². The number of hydrogen-bond acceptors (Lipinski definition) is 7. The lowest BCUT2D eigenvalue weighted by Crippen LogP contribution is -2.30. The fourth-order valence-corrected chi connectivity index (χ4v) is 6.58. The van der Waals surface area contributed by atoms with E-state index in [1.165, 1.54) is 14.2 Å². The van der Waals surface area contributed by atoms with Crippen LogP contribution in [0.25, 0.3) is 0 Å². The molecule has 0 aliphatic carbocycles. The van der Waals surface area contributed by atoms with Crippen LogP contribution in [0.4, 0.5) is 0 Å². The quantitative estimate of drug-likeness (QED) is 0.0486. The van der Waals surface area contributed by atoms with Crippen molar-refractivity contribution in [3.8, 4) is 23.0 Å². The standard InChI is InChI=1S/C45H41IO7/c1-48-45(49-2)40(36-23-25-37(26-24-36)50-28-32-15-7-3-8-16-32)43(47)41-38(51-29-33-17-9-4-10-18-33)27-39(52-30-34-19-11-5-12-20-34)42(46)44(41)53-31-35-21-13-6-14-22-35/h3-27,40,45H,28-31H2,1-2H3. The second kappa shape index (κ2) is 19.1. The highest BCUT2D eigenvalue weighted by Gasteiger charge is 2.37. The van der Waals surface area contributed by atoms with E-state index in [0.717, 1.165) is 22.3 Å². The number of hydrogen-bond donors (Lipinski definition) is 0. The van der Waals surface area contributed by atoms with E-state index in [1.807, 2.05) is 146 Å². The summed E-state index contributed by atoms with van der Waals surface area (Å²) in [6.45, 7) is 1.17. The largest absolute Gasteiger partial charge is 0.489 e. The zero-order chi connectivity index (χ0) is 36.8. The van der Waals surface area contributed by atoms with Gasteiger partial charge < -0.3 is 28.4 Å². The molecule has 6 rings (SSSR count). The van der Waals surface area contributed by atoms with Crippen LogP contribution in [0.2, 0.25) is 0 Å². The Balaban J connectivity index is 1.41. The molecule has 53 heavy (non-hydrogen) atoms. The maximum absolute atomic E-state index is 15.2. The third-order valence-corrected chi connectivity index (χ3v) is 9.63. The number of carbonyl (C=O) groups excluding carboxylic acids is 1. The van der Waals surface area contributed by atoms with Crippen molar-refractivity contribution in [1.29, 1.82) is 0 Å². The number of carbonyl (C=O) groups is 1. The van der Waals surface area contributed by atoms with Crippen molar-refractivity contribution in [2.45, 2.75) is 38.6 Å². The number of methoxy groups -OCH3 is 2. The van der Waals surface area contributed by atoms with E-state index in [2.05, 4.69) is 22.6 Å². The van der Waals surface area contributed by atoms with E-state index in [0.29, 0.717) is 45.3 Å². The molecule has 0 heterocycles. The van der Waals surface area contributed by atoms with Crippen molar-refractivity contribution in [1.82, 2.24) is 0 Å². The maximum atomic E-state index is 15.2. The highest BCUT2D eigenvalue weighted by Crippen LogP contribution is 2.44. The molecule has 0 radical (unpaired) electrons. The van der Waals surface area contributed by atoms with Crippen molar-refractivity contribution < 1.29 is 33.2 Å². The van der Waals surface area contributed by atoms with Gasteiger partial charge in [0.25, 0.3) is 0 Å². The third kappa shape index (κ3) is 10.0. The molecular weight excluding hydrogens is 779 g/mol. The summed E-state index contributed by atoms with van der Waals surface area (Å²) in [5, 5.41) is 0. The van der Waals surface area contributed by atoms with Gasteiger partial charge in [0.15, 0.2) is 17.8 Å². The molecule has 1 unspecified atom stereocenters. The Morgan fingerprint density at radius 3 is 1.40 bits per heavy atom. The van der Waals surface area contributed by atoms with Gasteiger partial charge >= 0.3 is 0 Å². The predicted molar refractivity (Wildman–Crippen MR) is 214 cm³/mol. The molecule has 0 saturated heterocycles. The Labute approximate surface area is 324 Å². The lowest BCUT2D eigenvalue weighted by Gasteiger charge is -2.27. The Bertz CT molecular complexity index is 2020. The molecule has 0 bridgehead atoms. The molecule has 0 fully saturated rings. The molecule has 8 heteroatoms. The van der Waals surface area contributed by atoms with Crippen molar-refractivity contribution >= 4 is 28.4 Å². The van der Waals surface area contributed by atoms with Gasteiger partial charge in [-0.05, 0) is 62.5 Å². The molecular formula is C45H41IO7. The summed E-state index contributed by atoms with van der Waals surface area (Å²) >= 11 is 2.20. The van der Waals surface area contributed by atoms with E-state index < -0.39 is 12.2 Å². The van der Waals surface area contributed by atoms with Crippen LogP contribution in [-0.4, -0.2) is 26.3 Å². The van der Waals surface area contributed by atoms with Crippen LogP contribution in [0.5, 0.6) is 23.0 Å². The Hall–Kier alpha value is -5.16. The number of halogens is 1. The van der Waals surface area contributed by atoms with Gasteiger partial charge in [-0.1, -0.05) is 133 Å². The summed E-state index contributed by atoms with van der Waals surface area (Å²) < 4.78 is 37.8. The molecule has 0 aliphatic heterocycles. The average Bonchev–Trinajstić information content (AvgIpc) is 3.22. The highest BCUT2D eigenvalue weighted by molar-refractivity contribution is 14.1. The Morgan fingerprint density at radius 1 is 0.528 bits per heavy atom. The number of benzene rings is 6. The van der Waals surface area contributed by atoms with Crippen LogP contribution in [0.1, 0.15) is 44.1 Å². The number of ether oxygens (including phenoxy) is 6. The first-order valence-electron chi connectivity index (χ1n) is 17.3. The van der Waals surface area contributed by atoms with Crippen LogP contribution < -0.4 is 18.9 Å². The summed E-state index contributed by atoms with van der Waals surface area (Å²) in [4.78, 5) is 15.2. The lowest BCUT2D eigenvalue weighted by molar-refractivity contribution is -0.110. The molecule has 270 valence electrons. The first kappa shape index (κ1) is 37.6. The molecule has 0 N–H and O–H groups in total. The highest BCUT2D eigenvalue weighted by atomic mass is 127. The fraction of sp³-hybridized carbons (Fsp3) is 0.178. The molecule has 7 nitrogen and oxygen atoms in total. The van der Waals surface area contributed by atoms with E-state index in [9.17, 15) is 0 Å². The molecule has 0 aromatic heterocycles. The SMILES string of the molecule is COC(OC)C(C(=O)c1c(OCc2ccccc2)cc(OCc2ccccc2)c(I)c1OCc1ccccc1)c1ccc(OCc2ccccc2)cc1. The van der Waals surface area contributed by atoms with Gasteiger partial charge in [0.1, 0.15) is 49.2 Å². The summed E-state index contributed by atoms with van der Waals surface area (Å²) in [6.07, 6.45) is -0.922. The normalized spacial score (nSPS) is 11.5. The maximum Gasteiger partial charge on any atom is 0.182 e. The molecule has 0 amide bonds. The van der Waals surface area contributed by atoms with Crippen molar-refractivity contribution in [3.05, 3.63) is 189 Å². The summed E-state index contributed by atoms with van der Waals surface area (Å²) in [6, 6.07) is 48.7. The zero-order valence-corrected chi connectivity index (χ0v) is 31.8. The fourth-order valence-electron chi connectivity index (χ4n) is 5.84. The van der Waals surface area contributed by atoms with Gasteiger partial charge in [0.05, 0.1) is 9.49 Å². The minimum atomic E-state index is -0.922. The van der Waals surface area contributed by atoms with E-state index >= 15 is 4.79 Å². The van der Waals surface area contributed by atoms with Gasteiger partial charge in [0.2, 0.25) is 0 Å². The Morgan fingerprint density at radius 2 is 0.943 bits per heavy atom. The predicted octanol–water partition coefficient (Wildman–Crippen LogP) is 10.2. The molecule has 6 aromatic rings. The van der Waals surface area contributed by atoms with E-state index in [1.54, 1.807) is 6.07 Å². The smallest absolute Gasteiger partial charge is 0.182 e. The molecule has 0 spiro atoms. The second-order valence-corrected chi connectivity index (χ2v) is 13.3. The zero-order valence-electron chi connectivity index (χ0n) is 29.7. The van der Waals surface area contributed by atoms with Gasteiger partial charge in [-0.15, -0.1) is 0 Å².